The standard InChI is InChI=1S/C21H30IN3O2S.C2H6/c1-7-14-12-18(26-15(8-2)9-3)20(23-6)25-19(14)16-10-11-17(13(4)5)24-21(16)27-28-22;1-2/h10-13,15H,7-9H2,1-6H3,(H,23,25);1-2H3. The second kappa shape index (κ2) is 14.0. The molecule has 0 amide bonds. The van der Waals surface area contributed by atoms with E-state index in [1.807, 2.05) is 20.9 Å². The van der Waals surface area contributed by atoms with Gasteiger partial charge in [-0.1, -0.05) is 48.5 Å². The highest BCUT2D eigenvalue weighted by atomic mass is 127. The Morgan fingerprint density at radius 1 is 1.10 bits per heavy atom. The molecule has 0 spiro atoms. The zero-order valence-corrected chi connectivity index (χ0v) is 22.5. The number of rotatable bonds is 10. The maximum atomic E-state index is 6.22. The van der Waals surface area contributed by atoms with Crippen LogP contribution in [0.3, 0.4) is 0 Å². The average molecular weight is 546 g/mol. The molecule has 1 N–H and O–H groups in total. The summed E-state index contributed by atoms with van der Waals surface area (Å²) in [5.74, 6) is 2.47. The van der Waals surface area contributed by atoms with E-state index >= 15 is 0 Å². The van der Waals surface area contributed by atoms with Gasteiger partial charge in [-0.3, -0.25) is 0 Å². The lowest BCUT2D eigenvalue weighted by atomic mass is 10.0. The lowest BCUT2D eigenvalue weighted by molar-refractivity contribution is 0.193. The Hall–Kier alpha value is -1.22. The maximum absolute atomic E-state index is 6.22. The van der Waals surface area contributed by atoms with Crippen molar-refractivity contribution in [2.24, 2.45) is 0 Å². The Bertz CT molecular complexity index is 783. The second-order valence-electron chi connectivity index (χ2n) is 6.89. The average Bonchev–Trinajstić information content (AvgIpc) is 2.78. The fourth-order valence-corrected chi connectivity index (χ4v) is 3.69. The van der Waals surface area contributed by atoms with Crippen molar-refractivity contribution in [2.75, 3.05) is 12.4 Å². The highest BCUT2D eigenvalue weighted by Gasteiger charge is 2.20. The molecule has 0 radical (unpaired) electrons. The van der Waals surface area contributed by atoms with E-state index in [1.165, 1.54) is 9.21 Å². The summed E-state index contributed by atoms with van der Waals surface area (Å²) in [4.78, 5) is 9.63. The molecular weight excluding hydrogens is 509 g/mol. The molecule has 168 valence electrons. The van der Waals surface area contributed by atoms with Crippen LogP contribution in [0.15, 0.2) is 18.2 Å². The summed E-state index contributed by atoms with van der Waals surface area (Å²) in [5.41, 5.74) is 3.90. The van der Waals surface area contributed by atoms with Crippen LogP contribution in [0.4, 0.5) is 5.82 Å². The van der Waals surface area contributed by atoms with Gasteiger partial charge in [0.25, 0.3) is 0 Å². The maximum Gasteiger partial charge on any atom is 0.238 e. The van der Waals surface area contributed by atoms with E-state index in [4.69, 9.17) is 18.9 Å². The molecular formula is C23H36IN3O2S. The first-order chi connectivity index (χ1) is 14.5. The van der Waals surface area contributed by atoms with E-state index in [2.05, 4.69) is 79.3 Å². The molecule has 7 heteroatoms. The molecule has 0 aliphatic carbocycles. The van der Waals surface area contributed by atoms with Gasteiger partial charge in [-0.2, -0.15) is 0 Å². The van der Waals surface area contributed by atoms with Gasteiger partial charge in [-0.25, -0.2) is 9.97 Å². The Kier molecular flexibility index (Phi) is 12.5. The van der Waals surface area contributed by atoms with Crippen molar-refractivity contribution in [1.82, 2.24) is 9.97 Å². The fraction of sp³-hybridized carbons (Fsp3) is 0.565. The molecule has 5 nitrogen and oxygen atoms in total. The fourth-order valence-electron chi connectivity index (χ4n) is 2.99. The summed E-state index contributed by atoms with van der Waals surface area (Å²) in [5, 5.41) is 3.19. The Morgan fingerprint density at radius 2 is 1.77 bits per heavy atom. The highest BCUT2D eigenvalue weighted by Crippen LogP contribution is 2.38. The van der Waals surface area contributed by atoms with Crippen LogP contribution >= 0.6 is 30.4 Å². The minimum absolute atomic E-state index is 0.186. The molecule has 0 saturated heterocycles. The first kappa shape index (κ1) is 26.8. The van der Waals surface area contributed by atoms with Crippen molar-refractivity contribution in [1.29, 1.82) is 0 Å². The lowest BCUT2D eigenvalue weighted by Crippen LogP contribution is -2.15. The number of pyridine rings is 2. The molecule has 2 heterocycles. The number of anilines is 1. The number of aryl methyl sites for hydroxylation is 1. The van der Waals surface area contributed by atoms with E-state index in [9.17, 15) is 0 Å². The summed E-state index contributed by atoms with van der Waals surface area (Å²) in [6.07, 6.45) is 2.96. The molecule has 2 aromatic heterocycles. The van der Waals surface area contributed by atoms with Gasteiger partial charge in [0.1, 0.15) is 9.21 Å². The predicted octanol–water partition coefficient (Wildman–Crippen LogP) is 7.84. The van der Waals surface area contributed by atoms with Gasteiger partial charge < -0.3 is 14.2 Å². The zero-order chi connectivity index (χ0) is 22.7. The Labute approximate surface area is 198 Å². The quantitative estimate of drug-likeness (QED) is 0.243. The number of nitrogens with zero attached hydrogens (tertiary/aromatic N) is 2. The zero-order valence-electron chi connectivity index (χ0n) is 19.5. The summed E-state index contributed by atoms with van der Waals surface area (Å²) < 4.78 is 12.0. The summed E-state index contributed by atoms with van der Waals surface area (Å²) in [6.45, 7) is 14.7. The van der Waals surface area contributed by atoms with Crippen molar-refractivity contribution in [3.63, 3.8) is 0 Å². The first-order valence-corrected chi connectivity index (χ1v) is 14.1. The van der Waals surface area contributed by atoms with Crippen molar-refractivity contribution in [3.05, 3.63) is 29.5 Å². The Balaban J connectivity index is 0.00000218. The molecule has 0 unspecified atom stereocenters. The number of ether oxygens (including phenoxy) is 1. The first-order valence-electron chi connectivity index (χ1n) is 10.8. The van der Waals surface area contributed by atoms with Gasteiger partial charge in [0.2, 0.25) is 5.88 Å². The van der Waals surface area contributed by atoms with E-state index in [-0.39, 0.29) is 6.10 Å². The topological polar surface area (TPSA) is 56.3 Å². The van der Waals surface area contributed by atoms with E-state index in [0.29, 0.717) is 11.8 Å². The van der Waals surface area contributed by atoms with Crippen LogP contribution < -0.4 is 14.2 Å². The van der Waals surface area contributed by atoms with Crippen LogP contribution in [0.25, 0.3) is 11.3 Å². The van der Waals surface area contributed by atoms with Gasteiger partial charge in [0.15, 0.2) is 11.6 Å². The number of halogens is 1. The van der Waals surface area contributed by atoms with Gasteiger partial charge in [-0.05, 0) is 48.9 Å². The van der Waals surface area contributed by atoms with Crippen LogP contribution in [0.2, 0.25) is 0 Å². The largest absolute Gasteiger partial charge is 0.487 e. The van der Waals surface area contributed by atoms with Gasteiger partial charge >= 0.3 is 0 Å². The molecule has 0 atom stereocenters. The number of hydrogen-bond acceptors (Lipinski definition) is 6. The predicted molar refractivity (Wildman–Crippen MR) is 139 cm³/mol. The van der Waals surface area contributed by atoms with Crippen LogP contribution in [0.5, 0.6) is 11.6 Å². The highest BCUT2D eigenvalue weighted by molar-refractivity contribution is 14.2. The molecule has 0 aliphatic rings. The summed E-state index contributed by atoms with van der Waals surface area (Å²) in [7, 11) is 3.14. The van der Waals surface area contributed by atoms with Crippen molar-refractivity contribution in [3.8, 4) is 22.9 Å². The minimum atomic E-state index is 0.186. The third-order valence-corrected chi connectivity index (χ3v) is 5.49. The van der Waals surface area contributed by atoms with Gasteiger partial charge in [0, 0.05) is 33.9 Å². The van der Waals surface area contributed by atoms with Crippen molar-refractivity contribution >= 4 is 36.2 Å². The van der Waals surface area contributed by atoms with Crippen LogP contribution in [0.1, 0.15) is 78.5 Å². The molecule has 0 fully saturated rings. The van der Waals surface area contributed by atoms with E-state index < -0.39 is 0 Å². The number of aromatic nitrogens is 2. The van der Waals surface area contributed by atoms with Crippen LogP contribution in [-0.2, 0) is 6.42 Å². The number of nitrogens with one attached hydrogen (secondary N) is 1. The van der Waals surface area contributed by atoms with Crippen molar-refractivity contribution in [2.45, 2.75) is 79.8 Å². The van der Waals surface area contributed by atoms with Crippen LogP contribution in [0, 0.1) is 0 Å². The molecule has 0 aliphatic heterocycles. The second-order valence-corrected chi connectivity index (χ2v) is 8.26. The van der Waals surface area contributed by atoms with Crippen LogP contribution in [-0.4, -0.2) is 23.1 Å². The lowest BCUT2D eigenvalue weighted by Gasteiger charge is -2.20. The van der Waals surface area contributed by atoms with E-state index in [1.54, 1.807) is 0 Å². The van der Waals surface area contributed by atoms with Crippen molar-refractivity contribution < 1.29 is 8.92 Å². The normalized spacial score (nSPS) is 10.6. The summed E-state index contributed by atoms with van der Waals surface area (Å²) >= 11 is 2.12. The van der Waals surface area contributed by atoms with Gasteiger partial charge in [-0.15, -0.1) is 0 Å². The Morgan fingerprint density at radius 3 is 2.27 bits per heavy atom. The summed E-state index contributed by atoms with van der Waals surface area (Å²) in [6, 6.07) is 6.22. The van der Waals surface area contributed by atoms with Gasteiger partial charge in [0.05, 0.1) is 17.4 Å². The third kappa shape index (κ3) is 6.90. The smallest absolute Gasteiger partial charge is 0.238 e. The molecule has 0 bridgehead atoms. The molecule has 0 saturated carbocycles. The minimum Gasteiger partial charge on any atom is -0.487 e. The molecule has 0 aromatic carbocycles. The molecule has 2 aromatic rings. The molecule has 30 heavy (non-hydrogen) atoms. The SMILES string of the molecule is CC.CCc1cc(OC(CC)CC)c(NC)nc1-c1ccc(C(C)C)nc1OSI. The number of hydrogen-bond donors (Lipinski definition) is 1. The monoisotopic (exact) mass is 545 g/mol. The molecule has 2 rings (SSSR count). The van der Waals surface area contributed by atoms with E-state index in [0.717, 1.165) is 53.3 Å². The third-order valence-electron chi connectivity index (χ3n) is 4.73.